The standard InChI is InChI=1S/C14H20N2O/c1-15-8-10-16(2)9-7-12-11-17-14-6-4-3-5-13(12)14/h3-6,11,15H,7-10H2,1-2H3. The van der Waals surface area contributed by atoms with Crippen LogP contribution in [0, 0.1) is 0 Å². The molecule has 0 saturated carbocycles. The number of fused-ring (bicyclic) bond motifs is 1. The molecule has 0 spiro atoms. The van der Waals surface area contributed by atoms with E-state index >= 15 is 0 Å². The van der Waals surface area contributed by atoms with Crippen molar-refractivity contribution in [2.24, 2.45) is 0 Å². The highest BCUT2D eigenvalue weighted by Crippen LogP contribution is 2.20. The van der Waals surface area contributed by atoms with Crippen LogP contribution in [-0.4, -0.2) is 38.6 Å². The largest absolute Gasteiger partial charge is 0.464 e. The first-order valence-corrected chi connectivity index (χ1v) is 6.09. The molecule has 0 fully saturated rings. The zero-order chi connectivity index (χ0) is 12.1. The highest BCUT2D eigenvalue weighted by molar-refractivity contribution is 5.80. The lowest BCUT2D eigenvalue weighted by atomic mass is 10.1. The summed E-state index contributed by atoms with van der Waals surface area (Å²) < 4.78 is 5.53. The molecule has 0 unspecified atom stereocenters. The number of benzene rings is 1. The third-order valence-corrected chi connectivity index (χ3v) is 3.07. The highest BCUT2D eigenvalue weighted by Gasteiger charge is 2.05. The predicted octanol–water partition coefficient (Wildman–Crippen LogP) is 2.13. The normalized spacial score (nSPS) is 11.5. The molecular formula is C14H20N2O. The number of likely N-dealkylation sites (N-methyl/N-ethyl adjacent to an activating group) is 2. The summed E-state index contributed by atoms with van der Waals surface area (Å²) in [4.78, 5) is 2.33. The van der Waals surface area contributed by atoms with Gasteiger partial charge in [0.1, 0.15) is 5.58 Å². The molecule has 3 heteroatoms. The van der Waals surface area contributed by atoms with Crippen LogP contribution in [0.1, 0.15) is 5.56 Å². The summed E-state index contributed by atoms with van der Waals surface area (Å²) in [5, 5.41) is 4.41. The molecule has 17 heavy (non-hydrogen) atoms. The number of nitrogens with one attached hydrogen (secondary N) is 1. The van der Waals surface area contributed by atoms with E-state index in [1.807, 2.05) is 25.4 Å². The lowest BCUT2D eigenvalue weighted by Crippen LogP contribution is -2.28. The maximum Gasteiger partial charge on any atom is 0.134 e. The number of furan rings is 1. The van der Waals surface area contributed by atoms with Gasteiger partial charge in [0.15, 0.2) is 0 Å². The number of hydrogen-bond donors (Lipinski definition) is 1. The zero-order valence-electron chi connectivity index (χ0n) is 10.6. The zero-order valence-corrected chi connectivity index (χ0v) is 10.6. The van der Waals surface area contributed by atoms with E-state index in [9.17, 15) is 0 Å². The molecule has 3 nitrogen and oxygen atoms in total. The van der Waals surface area contributed by atoms with E-state index in [2.05, 4.69) is 29.4 Å². The van der Waals surface area contributed by atoms with Gasteiger partial charge in [0.25, 0.3) is 0 Å². The van der Waals surface area contributed by atoms with Crippen molar-refractivity contribution in [3.05, 3.63) is 36.1 Å². The molecule has 0 aliphatic rings. The Kier molecular flexibility index (Phi) is 4.18. The molecule has 1 heterocycles. The smallest absolute Gasteiger partial charge is 0.134 e. The van der Waals surface area contributed by atoms with E-state index in [0.29, 0.717) is 0 Å². The molecule has 0 aliphatic carbocycles. The second kappa shape index (κ2) is 5.84. The Balaban J connectivity index is 1.95. The van der Waals surface area contributed by atoms with E-state index in [0.717, 1.165) is 31.6 Å². The average molecular weight is 232 g/mol. The summed E-state index contributed by atoms with van der Waals surface area (Å²) in [5.74, 6) is 0. The Morgan fingerprint density at radius 3 is 2.88 bits per heavy atom. The van der Waals surface area contributed by atoms with E-state index in [1.165, 1.54) is 10.9 Å². The average Bonchev–Trinajstić information content (AvgIpc) is 2.77. The molecule has 0 radical (unpaired) electrons. The molecule has 2 aromatic rings. The van der Waals surface area contributed by atoms with Crippen LogP contribution >= 0.6 is 0 Å². The third-order valence-electron chi connectivity index (χ3n) is 3.07. The fourth-order valence-corrected chi connectivity index (χ4v) is 1.95. The van der Waals surface area contributed by atoms with E-state index in [1.54, 1.807) is 0 Å². The van der Waals surface area contributed by atoms with Crippen LogP contribution in [-0.2, 0) is 6.42 Å². The fraction of sp³-hybridized carbons (Fsp3) is 0.429. The summed E-state index contributed by atoms with van der Waals surface area (Å²) in [6, 6.07) is 8.21. The molecule has 0 atom stereocenters. The van der Waals surface area contributed by atoms with Gasteiger partial charge in [-0.05, 0) is 32.1 Å². The van der Waals surface area contributed by atoms with Crippen molar-refractivity contribution in [1.29, 1.82) is 0 Å². The van der Waals surface area contributed by atoms with Gasteiger partial charge in [-0.2, -0.15) is 0 Å². The summed E-state index contributed by atoms with van der Waals surface area (Å²) in [6.45, 7) is 3.17. The van der Waals surface area contributed by atoms with Crippen LogP contribution in [0.2, 0.25) is 0 Å². The third kappa shape index (κ3) is 3.08. The monoisotopic (exact) mass is 232 g/mol. The molecule has 2 rings (SSSR count). The van der Waals surface area contributed by atoms with Crippen molar-refractivity contribution in [2.45, 2.75) is 6.42 Å². The van der Waals surface area contributed by atoms with E-state index < -0.39 is 0 Å². The van der Waals surface area contributed by atoms with Gasteiger partial charge in [0, 0.05) is 25.0 Å². The van der Waals surface area contributed by atoms with Crippen LogP contribution in [0.5, 0.6) is 0 Å². The number of hydrogen-bond acceptors (Lipinski definition) is 3. The van der Waals surface area contributed by atoms with Crippen molar-refractivity contribution >= 4 is 11.0 Å². The van der Waals surface area contributed by atoms with Gasteiger partial charge in [-0.3, -0.25) is 0 Å². The minimum Gasteiger partial charge on any atom is -0.464 e. The number of nitrogens with zero attached hydrogens (tertiary/aromatic N) is 1. The van der Waals surface area contributed by atoms with Crippen molar-refractivity contribution in [1.82, 2.24) is 10.2 Å². The molecule has 0 saturated heterocycles. The van der Waals surface area contributed by atoms with Crippen LogP contribution < -0.4 is 5.32 Å². The topological polar surface area (TPSA) is 28.4 Å². The molecule has 1 N–H and O–H groups in total. The Bertz CT molecular complexity index is 464. The van der Waals surface area contributed by atoms with Crippen molar-refractivity contribution in [3.63, 3.8) is 0 Å². The highest BCUT2D eigenvalue weighted by atomic mass is 16.3. The Labute approximate surface area is 102 Å². The van der Waals surface area contributed by atoms with Crippen LogP contribution in [0.25, 0.3) is 11.0 Å². The molecule has 1 aromatic heterocycles. The van der Waals surface area contributed by atoms with Crippen molar-refractivity contribution in [2.75, 3.05) is 33.7 Å². The van der Waals surface area contributed by atoms with Gasteiger partial charge >= 0.3 is 0 Å². The lowest BCUT2D eigenvalue weighted by molar-refractivity contribution is 0.339. The number of rotatable bonds is 6. The summed E-state index contributed by atoms with van der Waals surface area (Å²) in [7, 11) is 4.14. The maximum atomic E-state index is 5.53. The Morgan fingerprint density at radius 1 is 1.24 bits per heavy atom. The molecule has 0 aliphatic heterocycles. The quantitative estimate of drug-likeness (QED) is 0.827. The van der Waals surface area contributed by atoms with Gasteiger partial charge in [0.05, 0.1) is 6.26 Å². The van der Waals surface area contributed by atoms with Gasteiger partial charge < -0.3 is 14.6 Å². The molecule has 0 bridgehead atoms. The lowest BCUT2D eigenvalue weighted by Gasteiger charge is -2.15. The van der Waals surface area contributed by atoms with Crippen molar-refractivity contribution in [3.8, 4) is 0 Å². The van der Waals surface area contributed by atoms with Gasteiger partial charge in [0.2, 0.25) is 0 Å². The van der Waals surface area contributed by atoms with Gasteiger partial charge in [-0.1, -0.05) is 18.2 Å². The van der Waals surface area contributed by atoms with Gasteiger partial charge in [-0.25, -0.2) is 0 Å². The summed E-state index contributed by atoms with van der Waals surface area (Å²) >= 11 is 0. The number of para-hydroxylation sites is 1. The first kappa shape index (κ1) is 12.1. The SMILES string of the molecule is CNCCN(C)CCc1coc2ccccc12. The second-order valence-electron chi connectivity index (χ2n) is 4.41. The fourth-order valence-electron chi connectivity index (χ4n) is 1.95. The Morgan fingerprint density at radius 2 is 2.06 bits per heavy atom. The predicted molar refractivity (Wildman–Crippen MR) is 71.3 cm³/mol. The van der Waals surface area contributed by atoms with E-state index in [4.69, 9.17) is 4.42 Å². The maximum absolute atomic E-state index is 5.53. The first-order valence-electron chi connectivity index (χ1n) is 6.09. The summed E-state index contributed by atoms with van der Waals surface area (Å²) in [6.07, 6.45) is 2.92. The van der Waals surface area contributed by atoms with Gasteiger partial charge in [-0.15, -0.1) is 0 Å². The second-order valence-corrected chi connectivity index (χ2v) is 4.41. The van der Waals surface area contributed by atoms with Crippen LogP contribution in [0.3, 0.4) is 0 Å². The first-order chi connectivity index (χ1) is 8.31. The van der Waals surface area contributed by atoms with Crippen LogP contribution in [0.4, 0.5) is 0 Å². The molecule has 1 aromatic carbocycles. The summed E-state index contributed by atoms with van der Waals surface area (Å²) in [5.41, 5.74) is 2.29. The molecule has 0 amide bonds. The van der Waals surface area contributed by atoms with E-state index in [-0.39, 0.29) is 0 Å². The molecular weight excluding hydrogens is 212 g/mol. The Hall–Kier alpha value is -1.32. The molecule has 92 valence electrons. The van der Waals surface area contributed by atoms with Crippen LogP contribution in [0.15, 0.2) is 34.9 Å². The minimum absolute atomic E-state index is 0.986. The van der Waals surface area contributed by atoms with Crippen molar-refractivity contribution < 1.29 is 4.42 Å². The minimum atomic E-state index is 0.986.